The molecule has 0 aliphatic carbocycles. The van der Waals surface area contributed by atoms with Crippen molar-refractivity contribution in [3.05, 3.63) is 106 Å². The van der Waals surface area contributed by atoms with Gasteiger partial charge in [0.1, 0.15) is 5.82 Å². The fourth-order valence-electron chi connectivity index (χ4n) is 6.86. The van der Waals surface area contributed by atoms with E-state index in [1.807, 2.05) is 32.0 Å². The van der Waals surface area contributed by atoms with E-state index >= 15 is 0 Å². The van der Waals surface area contributed by atoms with Crippen molar-refractivity contribution >= 4 is 45.1 Å². The zero-order valence-electron chi connectivity index (χ0n) is 31.7. The Bertz CT molecular complexity index is 2100. The van der Waals surface area contributed by atoms with Crippen molar-refractivity contribution in [2.75, 3.05) is 33.9 Å². The molecule has 2 fully saturated rings. The van der Waals surface area contributed by atoms with E-state index in [1.165, 1.54) is 36.7 Å². The Morgan fingerprint density at radius 3 is 1.80 bits per heavy atom. The summed E-state index contributed by atoms with van der Waals surface area (Å²) in [5, 5.41) is 26.9. The Morgan fingerprint density at radius 2 is 1.24 bits per heavy atom. The molecule has 0 spiro atoms. The molecule has 2 aliphatic heterocycles. The summed E-state index contributed by atoms with van der Waals surface area (Å²) in [6, 6.07) is 20.4. The van der Waals surface area contributed by atoms with Crippen molar-refractivity contribution in [1.29, 1.82) is 0 Å². The molecule has 0 saturated carbocycles. The van der Waals surface area contributed by atoms with E-state index in [9.17, 15) is 22.8 Å². The lowest BCUT2D eigenvalue weighted by Crippen LogP contribution is -2.38. The van der Waals surface area contributed by atoms with Crippen LogP contribution in [0.15, 0.2) is 72.9 Å². The molecule has 3 heterocycles. The monoisotopic (exact) mass is 758 g/mol. The number of nitrogens with zero attached hydrogens (tertiary/aromatic N) is 3. The third-order valence-corrected chi connectivity index (χ3v) is 10.3. The number of sulfonamides is 1. The first-order valence-corrected chi connectivity index (χ1v) is 19.8. The summed E-state index contributed by atoms with van der Waals surface area (Å²) in [6.45, 7) is 12.0. The van der Waals surface area contributed by atoms with Gasteiger partial charge in [-0.25, -0.2) is 27.8 Å². The Balaban J connectivity index is 0.000000182. The summed E-state index contributed by atoms with van der Waals surface area (Å²) in [4.78, 5) is 41.4. The smallest absolute Gasteiger partial charge is 0.337 e. The number of benzene rings is 3. The number of pyridine rings is 1. The van der Waals surface area contributed by atoms with Gasteiger partial charge in [-0.2, -0.15) is 0 Å². The highest BCUT2D eigenvalue weighted by Crippen LogP contribution is 2.33. The number of hydrogen-bond acceptors (Lipinski definition) is 8. The average molecular weight is 759 g/mol. The number of hydrogen-bond donors (Lipinski definition) is 4. The minimum atomic E-state index is -3.47. The molecule has 2 unspecified atom stereocenters. The van der Waals surface area contributed by atoms with Crippen molar-refractivity contribution in [1.82, 2.24) is 4.98 Å². The maximum atomic E-state index is 11.5. The quantitative estimate of drug-likeness (QED) is 0.137. The maximum Gasteiger partial charge on any atom is 0.337 e. The topological polar surface area (TPSA) is 177 Å². The molecule has 12 nitrogen and oxygen atoms in total. The number of rotatable bonds is 8. The lowest BCUT2D eigenvalue weighted by molar-refractivity contribution is 0.0685. The summed E-state index contributed by atoms with van der Waals surface area (Å²) in [5.41, 5.74) is 7.08. The van der Waals surface area contributed by atoms with E-state index in [2.05, 4.69) is 52.4 Å². The maximum absolute atomic E-state index is 11.5. The van der Waals surface area contributed by atoms with Gasteiger partial charge in [-0.05, 0) is 131 Å². The molecule has 54 heavy (non-hydrogen) atoms. The van der Waals surface area contributed by atoms with Gasteiger partial charge in [0.25, 0.3) is 0 Å². The molecule has 2 saturated heterocycles. The van der Waals surface area contributed by atoms with Gasteiger partial charge in [-0.3, -0.25) is 4.72 Å². The first-order valence-electron chi connectivity index (χ1n) is 17.9. The summed E-state index contributed by atoms with van der Waals surface area (Å²) >= 11 is 0. The van der Waals surface area contributed by atoms with Crippen LogP contribution in [0.4, 0.5) is 17.2 Å². The minimum absolute atomic E-state index is 0.0644. The SMILES string of the molecule is CC1CCCCN1c1ccc(C(=O)O)cc1NS(C)(=O)=O.Cc1cc(C(=O)O)cnc1N1CCCC1C.Cc1ccccc1-c1ccc(C(=O)O)cc1C. The zero-order chi connectivity index (χ0) is 39.7. The van der Waals surface area contributed by atoms with Gasteiger partial charge in [-0.1, -0.05) is 30.3 Å². The first-order chi connectivity index (χ1) is 25.5. The van der Waals surface area contributed by atoms with Crippen LogP contribution >= 0.6 is 0 Å². The van der Waals surface area contributed by atoms with Crippen LogP contribution in [0.5, 0.6) is 0 Å². The van der Waals surface area contributed by atoms with Crippen LogP contribution in [0.1, 0.15) is 93.7 Å². The van der Waals surface area contributed by atoms with Crippen LogP contribution in [0.3, 0.4) is 0 Å². The molecule has 4 N–H and O–H groups in total. The van der Waals surface area contributed by atoms with Crippen molar-refractivity contribution < 1.29 is 38.1 Å². The van der Waals surface area contributed by atoms with Gasteiger partial charge in [0.15, 0.2) is 0 Å². The van der Waals surface area contributed by atoms with E-state index < -0.39 is 27.9 Å². The number of carbonyl (C=O) groups is 3. The van der Waals surface area contributed by atoms with E-state index in [0.29, 0.717) is 23.3 Å². The number of piperidine rings is 1. The predicted molar refractivity (Wildman–Crippen MR) is 213 cm³/mol. The van der Waals surface area contributed by atoms with Gasteiger partial charge in [-0.15, -0.1) is 0 Å². The number of aromatic carboxylic acids is 3. The molecule has 2 atom stereocenters. The normalized spacial score (nSPS) is 16.7. The number of carboxylic acids is 3. The highest BCUT2D eigenvalue weighted by atomic mass is 32.2. The molecule has 288 valence electrons. The molecule has 6 rings (SSSR count). The molecule has 2 aliphatic rings. The third kappa shape index (κ3) is 10.8. The minimum Gasteiger partial charge on any atom is -0.478 e. The molecule has 1 aromatic heterocycles. The summed E-state index contributed by atoms with van der Waals surface area (Å²) in [5.74, 6) is -1.96. The van der Waals surface area contributed by atoms with E-state index in [-0.39, 0.29) is 11.1 Å². The Kier molecular flexibility index (Phi) is 13.8. The summed E-state index contributed by atoms with van der Waals surface area (Å²) in [7, 11) is -3.47. The number of nitrogens with one attached hydrogen (secondary N) is 1. The van der Waals surface area contributed by atoms with Gasteiger partial charge >= 0.3 is 17.9 Å². The molecule has 13 heteroatoms. The highest BCUT2D eigenvalue weighted by Gasteiger charge is 2.24. The number of aromatic nitrogens is 1. The summed E-state index contributed by atoms with van der Waals surface area (Å²) in [6.07, 6.45) is 8.10. The number of aryl methyl sites for hydroxylation is 3. The average Bonchev–Trinajstić information content (AvgIpc) is 3.54. The first kappa shape index (κ1) is 41.3. The van der Waals surface area contributed by atoms with Crippen LogP contribution in [-0.4, -0.2) is 78.1 Å². The van der Waals surface area contributed by atoms with Crippen LogP contribution in [0.25, 0.3) is 11.1 Å². The fraction of sp³-hybridized carbons (Fsp3) is 0.366. The molecule has 3 aromatic carbocycles. The van der Waals surface area contributed by atoms with E-state index in [4.69, 9.17) is 15.3 Å². The third-order valence-electron chi connectivity index (χ3n) is 9.68. The van der Waals surface area contributed by atoms with Crippen molar-refractivity contribution in [2.24, 2.45) is 0 Å². The Morgan fingerprint density at radius 1 is 0.685 bits per heavy atom. The fourth-order valence-corrected chi connectivity index (χ4v) is 7.43. The van der Waals surface area contributed by atoms with Gasteiger partial charge in [0.05, 0.1) is 34.3 Å². The molecule has 0 amide bonds. The van der Waals surface area contributed by atoms with Gasteiger partial charge in [0.2, 0.25) is 10.0 Å². The number of anilines is 3. The lowest BCUT2D eigenvalue weighted by atomic mass is 9.95. The van der Waals surface area contributed by atoms with Crippen LogP contribution in [0, 0.1) is 20.8 Å². The van der Waals surface area contributed by atoms with Gasteiger partial charge in [0, 0.05) is 31.4 Å². The molecule has 0 radical (unpaired) electrons. The standard InChI is InChI=1S/C15H14O2.C14H20N2O4S.C12H16N2O2/c1-10-5-3-4-6-13(10)14-8-7-12(15(16)17)9-11(14)2;1-10-5-3-4-8-16(10)13-7-6-11(14(17)18)9-12(13)15-21(2,19)20;1-8-6-10(12(15)16)7-13-11(8)14-5-3-4-9(14)2/h3-9H,1-2H3,(H,16,17);6-7,9-10,15H,3-5,8H2,1-2H3,(H,17,18);6-7,9H,3-5H2,1-2H3,(H,15,16). The van der Waals surface area contributed by atoms with Crippen molar-refractivity contribution in [3.63, 3.8) is 0 Å². The Labute approximate surface area is 317 Å². The lowest BCUT2D eigenvalue weighted by Gasteiger charge is -2.36. The molecule has 4 aromatic rings. The molecular weight excluding hydrogens is 709 g/mol. The highest BCUT2D eigenvalue weighted by molar-refractivity contribution is 7.92. The second-order valence-electron chi connectivity index (χ2n) is 14.0. The predicted octanol–water partition coefficient (Wildman–Crippen LogP) is 7.88. The Hall–Kier alpha value is -5.43. The van der Waals surface area contributed by atoms with Crippen LogP contribution < -0.4 is 14.5 Å². The molecular formula is C41H50N4O8S. The molecule has 0 bridgehead atoms. The second kappa shape index (κ2) is 18.1. The largest absolute Gasteiger partial charge is 0.478 e. The van der Waals surface area contributed by atoms with Crippen molar-refractivity contribution in [3.8, 4) is 11.1 Å². The summed E-state index contributed by atoms with van der Waals surface area (Å²) < 4.78 is 25.5. The number of carboxylic acid groups (broad SMARTS) is 3. The zero-order valence-corrected chi connectivity index (χ0v) is 32.5. The van der Waals surface area contributed by atoms with Gasteiger partial charge < -0.3 is 25.1 Å². The van der Waals surface area contributed by atoms with E-state index in [0.717, 1.165) is 72.4 Å². The second-order valence-corrected chi connectivity index (χ2v) is 15.7. The van der Waals surface area contributed by atoms with Crippen molar-refractivity contribution in [2.45, 2.75) is 78.8 Å². The van der Waals surface area contributed by atoms with Crippen LogP contribution in [0.2, 0.25) is 0 Å². The van der Waals surface area contributed by atoms with E-state index in [1.54, 1.807) is 24.3 Å². The van der Waals surface area contributed by atoms with Crippen LogP contribution in [-0.2, 0) is 10.0 Å².